The Morgan fingerprint density at radius 2 is 2.23 bits per heavy atom. The molecule has 4 heteroatoms. The van der Waals surface area contributed by atoms with Crippen LogP contribution in [0.15, 0.2) is 24.8 Å². The molecule has 70 valence electrons. The summed E-state index contributed by atoms with van der Waals surface area (Å²) < 4.78 is 5.18. The molecule has 0 amide bonds. The minimum absolute atomic E-state index is 0.353. The lowest BCUT2D eigenvalue weighted by Gasteiger charge is -2.03. The number of hydrogen-bond acceptors (Lipinski definition) is 2. The first-order valence-electron chi connectivity index (χ1n) is 3.73. The monoisotopic (exact) mass is 217 g/mol. The van der Waals surface area contributed by atoms with Crippen LogP contribution in [-0.4, -0.2) is 11.6 Å². The van der Waals surface area contributed by atoms with E-state index in [1.165, 1.54) is 0 Å². The van der Waals surface area contributed by atoms with Crippen molar-refractivity contribution in [3.8, 4) is 0 Å². The maximum Gasteiger partial charge on any atom is 0.129 e. The Labute approximate surface area is 87.1 Å². The van der Waals surface area contributed by atoms with Crippen molar-refractivity contribution in [3.05, 3.63) is 40.7 Å². The average Bonchev–Trinajstić information content (AvgIpc) is 2.11. The highest BCUT2D eigenvalue weighted by molar-refractivity contribution is 6.32. The van der Waals surface area contributed by atoms with E-state index in [4.69, 9.17) is 27.9 Å². The summed E-state index contributed by atoms with van der Waals surface area (Å²) in [7, 11) is 0. The largest absolute Gasteiger partial charge is 0.371 e. The molecule has 0 aromatic carbocycles. The molecule has 0 aliphatic rings. The van der Waals surface area contributed by atoms with Gasteiger partial charge in [0.1, 0.15) is 5.15 Å². The second kappa shape index (κ2) is 5.22. The van der Waals surface area contributed by atoms with Gasteiger partial charge in [-0.25, -0.2) is 4.98 Å². The summed E-state index contributed by atoms with van der Waals surface area (Å²) in [5.74, 6) is 0. The van der Waals surface area contributed by atoms with Crippen LogP contribution < -0.4 is 0 Å². The number of ether oxygens (including phenoxy) is 1. The van der Waals surface area contributed by atoms with Crippen molar-refractivity contribution in [1.82, 2.24) is 4.98 Å². The maximum absolute atomic E-state index is 5.85. The summed E-state index contributed by atoms with van der Waals surface area (Å²) in [5.41, 5.74) is 0.649. The van der Waals surface area contributed by atoms with Crippen molar-refractivity contribution in [2.75, 3.05) is 6.61 Å². The number of halogens is 2. The topological polar surface area (TPSA) is 22.1 Å². The summed E-state index contributed by atoms with van der Waals surface area (Å²) in [6.45, 7) is 4.36. The Kier molecular flexibility index (Phi) is 4.22. The van der Waals surface area contributed by atoms with Gasteiger partial charge in [0.25, 0.3) is 0 Å². The van der Waals surface area contributed by atoms with Crippen LogP contribution in [0.5, 0.6) is 0 Å². The summed E-state index contributed by atoms with van der Waals surface area (Å²) in [5, 5.41) is 0.982. The second-order valence-corrected chi connectivity index (χ2v) is 3.16. The standard InChI is InChI=1S/C9H9Cl2NO/c1-2-5-13-6-8-7(10)3-4-9(11)12-8/h2-4H,1,5-6H2. The fraction of sp³-hybridized carbons (Fsp3) is 0.222. The molecule has 0 atom stereocenters. The van der Waals surface area contributed by atoms with Gasteiger partial charge in [0.15, 0.2) is 0 Å². The number of nitrogens with zero attached hydrogens (tertiary/aromatic N) is 1. The molecular weight excluding hydrogens is 209 g/mol. The van der Waals surface area contributed by atoms with Gasteiger partial charge in [-0.3, -0.25) is 0 Å². The van der Waals surface area contributed by atoms with Gasteiger partial charge in [0.2, 0.25) is 0 Å². The highest BCUT2D eigenvalue weighted by atomic mass is 35.5. The Morgan fingerprint density at radius 3 is 2.92 bits per heavy atom. The minimum atomic E-state index is 0.353. The molecule has 0 fully saturated rings. The molecule has 0 N–H and O–H groups in total. The molecule has 1 heterocycles. The molecule has 0 spiro atoms. The molecule has 1 rings (SSSR count). The van der Waals surface area contributed by atoms with Crippen LogP contribution in [0.3, 0.4) is 0 Å². The zero-order chi connectivity index (χ0) is 9.68. The Balaban J connectivity index is 2.64. The van der Waals surface area contributed by atoms with E-state index in [-0.39, 0.29) is 0 Å². The molecular formula is C9H9Cl2NO. The predicted octanol–water partition coefficient (Wildman–Crippen LogP) is 3.09. The second-order valence-electron chi connectivity index (χ2n) is 2.37. The quantitative estimate of drug-likeness (QED) is 0.440. The molecule has 1 aromatic heterocycles. The van der Waals surface area contributed by atoms with Crippen LogP contribution in [-0.2, 0) is 11.3 Å². The Bertz CT molecular complexity index is 302. The zero-order valence-corrected chi connectivity index (χ0v) is 8.48. The van der Waals surface area contributed by atoms with Gasteiger partial charge in [-0.15, -0.1) is 6.58 Å². The van der Waals surface area contributed by atoms with Gasteiger partial charge >= 0.3 is 0 Å². The molecule has 1 aromatic rings. The van der Waals surface area contributed by atoms with E-state index in [9.17, 15) is 0 Å². The van der Waals surface area contributed by atoms with Crippen LogP contribution >= 0.6 is 23.2 Å². The van der Waals surface area contributed by atoms with Crippen LogP contribution in [0.25, 0.3) is 0 Å². The molecule has 13 heavy (non-hydrogen) atoms. The van der Waals surface area contributed by atoms with E-state index >= 15 is 0 Å². The van der Waals surface area contributed by atoms with Crippen LogP contribution in [0.4, 0.5) is 0 Å². The van der Waals surface area contributed by atoms with E-state index in [2.05, 4.69) is 11.6 Å². The van der Waals surface area contributed by atoms with E-state index in [0.717, 1.165) is 0 Å². The molecule has 0 saturated heterocycles. The molecule has 2 nitrogen and oxygen atoms in total. The first-order valence-corrected chi connectivity index (χ1v) is 4.49. The van der Waals surface area contributed by atoms with Gasteiger partial charge in [-0.2, -0.15) is 0 Å². The minimum Gasteiger partial charge on any atom is -0.371 e. The molecule has 0 radical (unpaired) electrons. The third-order valence-electron chi connectivity index (χ3n) is 1.36. The molecule has 0 bridgehead atoms. The van der Waals surface area contributed by atoms with Crippen molar-refractivity contribution in [3.63, 3.8) is 0 Å². The van der Waals surface area contributed by atoms with Crippen molar-refractivity contribution in [2.24, 2.45) is 0 Å². The van der Waals surface area contributed by atoms with Gasteiger partial charge in [0.05, 0.1) is 23.9 Å². The van der Waals surface area contributed by atoms with Crippen LogP contribution in [0, 0.1) is 0 Å². The summed E-state index contributed by atoms with van der Waals surface area (Å²) in [6.07, 6.45) is 1.67. The predicted molar refractivity (Wildman–Crippen MR) is 54.1 cm³/mol. The van der Waals surface area contributed by atoms with Crippen molar-refractivity contribution in [2.45, 2.75) is 6.61 Å². The lowest BCUT2D eigenvalue weighted by Crippen LogP contribution is -1.96. The lowest BCUT2D eigenvalue weighted by molar-refractivity contribution is 0.146. The highest BCUT2D eigenvalue weighted by Crippen LogP contribution is 2.17. The van der Waals surface area contributed by atoms with E-state index in [0.29, 0.717) is 29.1 Å². The zero-order valence-electron chi connectivity index (χ0n) is 6.96. The Morgan fingerprint density at radius 1 is 1.46 bits per heavy atom. The highest BCUT2D eigenvalue weighted by Gasteiger charge is 2.02. The first-order chi connectivity index (χ1) is 6.24. The third-order valence-corrected chi connectivity index (χ3v) is 1.91. The first kappa shape index (κ1) is 10.5. The summed E-state index contributed by atoms with van der Waals surface area (Å²) in [6, 6.07) is 3.34. The van der Waals surface area contributed by atoms with E-state index < -0.39 is 0 Å². The van der Waals surface area contributed by atoms with Crippen LogP contribution in [0.2, 0.25) is 10.2 Å². The average molecular weight is 218 g/mol. The fourth-order valence-corrected chi connectivity index (χ4v) is 1.12. The van der Waals surface area contributed by atoms with Gasteiger partial charge < -0.3 is 4.74 Å². The molecule has 0 saturated carbocycles. The lowest BCUT2D eigenvalue weighted by atomic mass is 10.4. The normalized spacial score (nSPS) is 10.0. The third kappa shape index (κ3) is 3.35. The fourth-order valence-electron chi connectivity index (χ4n) is 0.798. The molecule has 0 unspecified atom stereocenters. The Hall–Kier alpha value is -0.570. The number of hydrogen-bond donors (Lipinski definition) is 0. The van der Waals surface area contributed by atoms with Crippen molar-refractivity contribution >= 4 is 23.2 Å². The molecule has 0 aliphatic carbocycles. The van der Waals surface area contributed by atoms with Crippen molar-refractivity contribution in [1.29, 1.82) is 0 Å². The van der Waals surface area contributed by atoms with E-state index in [1.54, 1.807) is 18.2 Å². The van der Waals surface area contributed by atoms with Crippen molar-refractivity contribution < 1.29 is 4.74 Å². The number of aromatic nitrogens is 1. The maximum atomic E-state index is 5.85. The van der Waals surface area contributed by atoms with E-state index in [1.807, 2.05) is 0 Å². The summed E-state index contributed by atoms with van der Waals surface area (Å²) >= 11 is 11.5. The molecule has 0 aliphatic heterocycles. The van der Waals surface area contributed by atoms with Gasteiger partial charge in [-0.05, 0) is 12.1 Å². The van der Waals surface area contributed by atoms with Gasteiger partial charge in [-0.1, -0.05) is 29.3 Å². The summed E-state index contributed by atoms with van der Waals surface area (Å²) in [4.78, 5) is 4.02. The van der Waals surface area contributed by atoms with Gasteiger partial charge in [0, 0.05) is 0 Å². The SMILES string of the molecule is C=CCOCc1nc(Cl)ccc1Cl. The number of rotatable bonds is 4. The number of pyridine rings is 1. The smallest absolute Gasteiger partial charge is 0.129 e. The van der Waals surface area contributed by atoms with Crippen LogP contribution in [0.1, 0.15) is 5.69 Å².